The monoisotopic (exact) mass is 704 g/mol. The van der Waals surface area contributed by atoms with Crippen molar-refractivity contribution in [3.05, 3.63) is 192 Å². The minimum absolute atomic E-state index is 0.0462. The molecule has 0 aliphatic heterocycles. The molecule has 270 valence electrons. The standard InChI is InChI=1S/C52H52N2/c1-37-22-28-44(29-23-37)53(46-32-26-42(27-33-46)51(3,4)5)48-35-43(52(6,7)8)36-49(50(48)40-18-13-10-14-19-40)54(45-30-24-38(2)25-31-45)47-21-15-20-41(34-47)39-16-11-9-12-17-39/h9-36H,1-8H3. The lowest BCUT2D eigenvalue weighted by Crippen LogP contribution is -2.19. The minimum Gasteiger partial charge on any atom is -0.310 e. The number of anilines is 6. The molecule has 0 spiro atoms. The van der Waals surface area contributed by atoms with E-state index in [1.165, 1.54) is 33.4 Å². The van der Waals surface area contributed by atoms with Crippen LogP contribution >= 0.6 is 0 Å². The molecular weight excluding hydrogens is 653 g/mol. The summed E-state index contributed by atoms with van der Waals surface area (Å²) in [6.07, 6.45) is 0. The van der Waals surface area contributed by atoms with Crippen molar-refractivity contribution in [1.82, 2.24) is 0 Å². The molecule has 7 aromatic rings. The van der Waals surface area contributed by atoms with Gasteiger partial charge in [-0.05, 0) is 113 Å². The average molecular weight is 705 g/mol. The van der Waals surface area contributed by atoms with Gasteiger partial charge in [0.25, 0.3) is 0 Å². The van der Waals surface area contributed by atoms with Crippen molar-refractivity contribution >= 4 is 34.1 Å². The molecule has 0 saturated heterocycles. The summed E-state index contributed by atoms with van der Waals surface area (Å²) >= 11 is 0. The van der Waals surface area contributed by atoms with E-state index in [9.17, 15) is 0 Å². The second kappa shape index (κ2) is 14.9. The van der Waals surface area contributed by atoms with E-state index in [-0.39, 0.29) is 10.8 Å². The maximum atomic E-state index is 2.46. The minimum atomic E-state index is -0.140. The molecule has 2 heteroatoms. The van der Waals surface area contributed by atoms with Crippen molar-refractivity contribution < 1.29 is 0 Å². The quantitative estimate of drug-likeness (QED) is 0.155. The summed E-state index contributed by atoms with van der Waals surface area (Å²) < 4.78 is 0. The molecule has 7 aromatic carbocycles. The Bertz CT molecular complexity index is 2320. The van der Waals surface area contributed by atoms with E-state index in [1.807, 2.05) is 0 Å². The third-order valence-electron chi connectivity index (χ3n) is 10.3. The SMILES string of the molecule is Cc1ccc(N(c2ccc(C(C)(C)C)cc2)c2cc(C(C)(C)C)cc(N(c3ccc(C)cc3)c3cccc(-c4ccccc4)c3)c2-c2ccccc2)cc1. The molecule has 0 aliphatic rings. The van der Waals surface area contributed by atoms with Crippen molar-refractivity contribution in [2.45, 2.75) is 66.2 Å². The number of rotatable bonds is 8. The van der Waals surface area contributed by atoms with Gasteiger partial charge in [0.2, 0.25) is 0 Å². The van der Waals surface area contributed by atoms with E-state index in [4.69, 9.17) is 0 Å². The summed E-state index contributed by atoms with van der Waals surface area (Å²) in [7, 11) is 0. The summed E-state index contributed by atoms with van der Waals surface area (Å²) in [5.74, 6) is 0. The number of hydrogen-bond acceptors (Lipinski definition) is 2. The normalized spacial score (nSPS) is 11.7. The van der Waals surface area contributed by atoms with Gasteiger partial charge >= 0.3 is 0 Å². The fraction of sp³-hybridized carbons (Fsp3) is 0.192. The van der Waals surface area contributed by atoms with Crippen molar-refractivity contribution in [3.8, 4) is 22.3 Å². The first-order valence-electron chi connectivity index (χ1n) is 19.1. The first-order valence-corrected chi connectivity index (χ1v) is 19.1. The highest BCUT2D eigenvalue weighted by atomic mass is 15.2. The summed E-state index contributed by atoms with van der Waals surface area (Å²) in [4.78, 5) is 4.92. The van der Waals surface area contributed by atoms with Crippen LogP contribution in [0, 0.1) is 13.8 Å². The summed E-state index contributed by atoms with van der Waals surface area (Å²) in [6.45, 7) is 18.1. The van der Waals surface area contributed by atoms with E-state index in [2.05, 4.69) is 235 Å². The third kappa shape index (κ3) is 7.75. The van der Waals surface area contributed by atoms with Crippen molar-refractivity contribution in [2.75, 3.05) is 9.80 Å². The van der Waals surface area contributed by atoms with E-state index in [0.29, 0.717) is 0 Å². The molecule has 0 N–H and O–H groups in total. The summed E-state index contributed by atoms with van der Waals surface area (Å²) in [5.41, 5.74) is 16.3. The molecule has 0 heterocycles. The Hall–Kier alpha value is -5.86. The molecule has 0 fully saturated rings. The number of benzene rings is 7. The molecule has 2 nitrogen and oxygen atoms in total. The van der Waals surface area contributed by atoms with Crippen LogP contribution in [-0.4, -0.2) is 0 Å². The van der Waals surface area contributed by atoms with Crippen LogP contribution in [0.15, 0.2) is 170 Å². The molecular formula is C52H52N2. The van der Waals surface area contributed by atoms with Crippen LogP contribution in [0.25, 0.3) is 22.3 Å². The van der Waals surface area contributed by atoms with E-state index in [1.54, 1.807) is 0 Å². The molecule has 0 aliphatic carbocycles. The fourth-order valence-corrected chi connectivity index (χ4v) is 7.11. The van der Waals surface area contributed by atoms with Gasteiger partial charge in [-0.25, -0.2) is 0 Å². The number of hydrogen-bond donors (Lipinski definition) is 0. The summed E-state index contributed by atoms with van der Waals surface area (Å²) in [5, 5.41) is 0. The second-order valence-electron chi connectivity index (χ2n) is 16.6. The predicted molar refractivity (Wildman–Crippen MR) is 234 cm³/mol. The molecule has 7 rings (SSSR count). The van der Waals surface area contributed by atoms with Gasteiger partial charge in [0.15, 0.2) is 0 Å². The first-order chi connectivity index (χ1) is 25.9. The van der Waals surface area contributed by atoms with Crippen LogP contribution in [0.4, 0.5) is 34.1 Å². The molecule has 0 aromatic heterocycles. The zero-order chi connectivity index (χ0) is 38.0. The first kappa shape index (κ1) is 36.5. The van der Waals surface area contributed by atoms with Gasteiger partial charge < -0.3 is 9.80 Å². The van der Waals surface area contributed by atoms with Crippen LogP contribution in [0.3, 0.4) is 0 Å². The maximum absolute atomic E-state index is 2.46. The van der Waals surface area contributed by atoms with Crippen LogP contribution in [-0.2, 0) is 10.8 Å². The highest BCUT2D eigenvalue weighted by Crippen LogP contribution is 2.51. The molecule has 0 amide bonds. The van der Waals surface area contributed by atoms with Gasteiger partial charge in [0, 0.05) is 28.3 Å². The van der Waals surface area contributed by atoms with E-state index in [0.717, 1.165) is 45.3 Å². The Morgan fingerprint density at radius 1 is 0.333 bits per heavy atom. The zero-order valence-corrected chi connectivity index (χ0v) is 33.1. The van der Waals surface area contributed by atoms with Crippen LogP contribution in [0.1, 0.15) is 63.8 Å². The van der Waals surface area contributed by atoms with Gasteiger partial charge in [0.1, 0.15) is 0 Å². The van der Waals surface area contributed by atoms with Crippen LogP contribution < -0.4 is 9.80 Å². The Morgan fingerprint density at radius 3 is 1.20 bits per heavy atom. The number of nitrogens with zero attached hydrogens (tertiary/aromatic N) is 2. The third-order valence-corrected chi connectivity index (χ3v) is 10.3. The second-order valence-corrected chi connectivity index (χ2v) is 16.6. The smallest absolute Gasteiger partial charge is 0.0564 e. The maximum Gasteiger partial charge on any atom is 0.0564 e. The average Bonchev–Trinajstić information content (AvgIpc) is 3.17. The lowest BCUT2D eigenvalue weighted by Gasteiger charge is -2.35. The molecule has 0 saturated carbocycles. The highest BCUT2D eigenvalue weighted by molar-refractivity contribution is 5.99. The van der Waals surface area contributed by atoms with Crippen molar-refractivity contribution in [2.24, 2.45) is 0 Å². The molecule has 0 bridgehead atoms. The van der Waals surface area contributed by atoms with E-state index >= 15 is 0 Å². The van der Waals surface area contributed by atoms with Gasteiger partial charge in [-0.3, -0.25) is 0 Å². The van der Waals surface area contributed by atoms with Crippen molar-refractivity contribution in [1.29, 1.82) is 0 Å². The Balaban J connectivity index is 1.59. The molecule has 0 unspecified atom stereocenters. The van der Waals surface area contributed by atoms with Gasteiger partial charge in [-0.15, -0.1) is 0 Å². The Morgan fingerprint density at radius 2 is 0.741 bits per heavy atom. The molecule has 0 radical (unpaired) electrons. The summed E-state index contributed by atoms with van der Waals surface area (Å²) in [6, 6.07) is 62.5. The van der Waals surface area contributed by atoms with Gasteiger partial charge in [-0.2, -0.15) is 0 Å². The Kier molecular flexibility index (Phi) is 10.1. The topological polar surface area (TPSA) is 6.48 Å². The highest BCUT2D eigenvalue weighted by Gasteiger charge is 2.28. The number of aryl methyl sites for hydroxylation is 2. The predicted octanol–water partition coefficient (Wildman–Crippen LogP) is 15.2. The molecule has 54 heavy (non-hydrogen) atoms. The zero-order valence-electron chi connectivity index (χ0n) is 33.1. The van der Waals surface area contributed by atoms with E-state index < -0.39 is 0 Å². The van der Waals surface area contributed by atoms with Gasteiger partial charge in [-0.1, -0.05) is 162 Å². The van der Waals surface area contributed by atoms with Crippen molar-refractivity contribution in [3.63, 3.8) is 0 Å². The lowest BCUT2D eigenvalue weighted by atomic mass is 9.83. The largest absolute Gasteiger partial charge is 0.310 e. The lowest BCUT2D eigenvalue weighted by molar-refractivity contribution is 0.590. The van der Waals surface area contributed by atoms with Crippen LogP contribution in [0.5, 0.6) is 0 Å². The fourth-order valence-electron chi connectivity index (χ4n) is 7.11. The van der Waals surface area contributed by atoms with Gasteiger partial charge in [0.05, 0.1) is 11.4 Å². The Labute approximate surface area is 323 Å². The van der Waals surface area contributed by atoms with Crippen LogP contribution in [0.2, 0.25) is 0 Å². The molecule has 0 atom stereocenters.